The monoisotopic (exact) mass is 234 g/mol. The third-order valence-corrected chi connectivity index (χ3v) is 3.10. The third kappa shape index (κ3) is 4.31. The number of rotatable bonds is 7. The highest BCUT2D eigenvalue weighted by molar-refractivity contribution is 5.84. The van der Waals surface area contributed by atoms with Gasteiger partial charge in [0.05, 0.1) is 0 Å². The molecule has 1 atom stereocenters. The number of aryl methyl sites for hydroxylation is 1. The van der Waals surface area contributed by atoms with E-state index >= 15 is 0 Å². The van der Waals surface area contributed by atoms with Gasteiger partial charge >= 0.3 is 0 Å². The fourth-order valence-corrected chi connectivity index (χ4v) is 1.70. The maximum Gasteiger partial charge on any atom is 0.161 e. The van der Waals surface area contributed by atoms with Crippen LogP contribution in [0.1, 0.15) is 39.2 Å². The summed E-state index contributed by atoms with van der Waals surface area (Å²) in [6, 6.07) is 10.2. The summed E-state index contributed by atoms with van der Waals surface area (Å²) in [5.41, 5.74) is 0.617. The lowest BCUT2D eigenvalue weighted by Gasteiger charge is -2.27. The summed E-state index contributed by atoms with van der Waals surface area (Å²) < 4.78 is 5.71. The first kappa shape index (κ1) is 13.9. The summed E-state index contributed by atoms with van der Waals surface area (Å²) in [7, 11) is 0. The predicted molar refractivity (Wildman–Crippen MR) is 70.1 cm³/mol. The Labute approximate surface area is 104 Å². The van der Waals surface area contributed by atoms with Gasteiger partial charge in [-0.15, -0.1) is 0 Å². The lowest BCUT2D eigenvalue weighted by Crippen LogP contribution is -2.37. The number of carbonyl (C=O) groups excluding carboxylic acids is 1. The van der Waals surface area contributed by atoms with Gasteiger partial charge in [0.25, 0.3) is 0 Å². The van der Waals surface area contributed by atoms with Crippen molar-refractivity contribution in [1.29, 1.82) is 0 Å². The molecule has 17 heavy (non-hydrogen) atoms. The molecule has 1 aromatic rings. The van der Waals surface area contributed by atoms with Crippen molar-refractivity contribution in [3.05, 3.63) is 35.9 Å². The van der Waals surface area contributed by atoms with E-state index in [4.69, 9.17) is 4.74 Å². The summed E-state index contributed by atoms with van der Waals surface area (Å²) in [5, 5.41) is 0. The smallest absolute Gasteiger partial charge is 0.161 e. The minimum absolute atomic E-state index is 0.113. The molecule has 0 radical (unpaired) electrons. The van der Waals surface area contributed by atoms with E-state index in [1.54, 1.807) is 6.92 Å². The summed E-state index contributed by atoms with van der Waals surface area (Å²) in [4.78, 5) is 11.7. The quantitative estimate of drug-likeness (QED) is 0.723. The van der Waals surface area contributed by atoms with Crippen LogP contribution in [0, 0.1) is 0 Å². The summed E-state index contributed by atoms with van der Waals surface area (Å²) in [6.45, 7) is 6.21. The van der Waals surface area contributed by atoms with E-state index in [2.05, 4.69) is 19.1 Å². The van der Waals surface area contributed by atoms with Crippen molar-refractivity contribution < 1.29 is 9.53 Å². The van der Waals surface area contributed by atoms with Crippen LogP contribution in [0.4, 0.5) is 0 Å². The first-order chi connectivity index (χ1) is 8.08. The zero-order valence-corrected chi connectivity index (χ0v) is 11.0. The van der Waals surface area contributed by atoms with Gasteiger partial charge < -0.3 is 4.74 Å². The Hall–Kier alpha value is -1.15. The van der Waals surface area contributed by atoms with Gasteiger partial charge in [-0.2, -0.15) is 0 Å². The maximum atomic E-state index is 11.7. The van der Waals surface area contributed by atoms with E-state index in [0.29, 0.717) is 6.61 Å². The first-order valence-corrected chi connectivity index (χ1v) is 6.27. The van der Waals surface area contributed by atoms with Gasteiger partial charge in [-0.3, -0.25) is 4.79 Å². The van der Waals surface area contributed by atoms with E-state index < -0.39 is 5.60 Å². The van der Waals surface area contributed by atoms with Crippen LogP contribution in [0.2, 0.25) is 0 Å². The Balaban J connectivity index is 2.58. The van der Waals surface area contributed by atoms with E-state index in [1.807, 2.05) is 25.1 Å². The van der Waals surface area contributed by atoms with Crippen molar-refractivity contribution in [3.63, 3.8) is 0 Å². The van der Waals surface area contributed by atoms with Gasteiger partial charge in [0.2, 0.25) is 0 Å². The molecule has 0 spiro atoms. The highest BCUT2D eigenvalue weighted by Gasteiger charge is 2.29. The molecular formula is C15H22O2. The number of carbonyl (C=O) groups is 1. The SMILES string of the molecule is CCCOC(C)(CCc1ccccc1)C(C)=O. The Morgan fingerprint density at radius 1 is 1.29 bits per heavy atom. The van der Waals surface area contributed by atoms with Crippen molar-refractivity contribution in [3.8, 4) is 0 Å². The second-order valence-electron chi connectivity index (χ2n) is 4.62. The molecule has 0 aliphatic rings. The zero-order chi connectivity index (χ0) is 12.7. The van der Waals surface area contributed by atoms with Gasteiger partial charge in [-0.25, -0.2) is 0 Å². The van der Waals surface area contributed by atoms with Gasteiger partial charge in [-0.1, -0.05) is 37.3 Å². The number of ether oxygens (including phenoxy) is 1. The van der Waals surface area contributed by atoms with E-state index in [0.717, 1.165) is 19.3 Å². The molecule has 0 aliphatic carbocycles. The average Bonchev–Trinajstić information content (AvgIpc) is 2.35. The minimum atomic E-state index is -0.633. The number of hydrogen-bond acceptors (Lipinski definition) is 2. The molecule has 2 heteroatoms. The Morgan fingerprint density at radius 2 is 1.94 bits per heavy atom. The molecule has 0 aromatic heterocycles. The minimum Gasteiger partial charge on any atom is -0.368 e. The van der Waals surface area contributed by atoms with Gasteiger partial charge in [0.15, 0.2) is 5.78 Å². The highest BCUT2D eigenvalue weighted by atomic mass is 16.5. The van der Waals surface area contributed by atoms with Crippen molar-refractivity contribution in [1.82, 2.24) is 0 Å². The largest absolute Gasteiger partial charge is 0.368 e. The van der Waals surface area contributed by atoms with Crippen LogP contribution in [0.15, 0.2) is 30.3 Å². The van der Waals surface area contributed by atoms with E-state index in [9.17, 15) is 4.79 Å². The lowest BCUT2D eigenvalue weighted by molar-refractivity contribution is -0.141. The van der Waals surface area contributed by atoms with Crippen molar-refractivity contribution in [2.24, 2.45) is 0 Å². The van der Waals surface area contributed by atoms with Crippen molar-refractivity contribution in [2.75, 3.05) is 6.61 Å². The highest BCUT2D eigenvalue weighted by Crippen LogP contribution is 2.20. The maximum absolute atomic E-state index is 11.7. The van der Waals surface area contributed by atoms with Crippen LogP contribution < -0.4 is 0 Å². The molecule has 1 rings (SSSR count). The van der Waals surface area contributed by atoms with Crippen LogP contribution in [-0.2, 0) is 16.0 Å². The van der Waals surface area contributed by atoms with Gasteiger partial charge in [0, 0.05) is 6.61 Å². The summed E-state index contributed by atoms with van der Waals surface area (Å²) in [5.74, 6) is 0.113. The number of ketones is 1. The topological polar surface area (TPSA) is 26.3 Å². The van der Waals surface area contributed by atoms with Crippen molar-refractivity contribution >= 4 is 5.78 Å². The second kappa shape index (κ2) is 6.55. The molecule has 2 nitrogen and oxygen atoms in total. The molecule has 94 valence electrons. The normalized spacial score (nSPS) is 14.3. The standard InChI is InChI=1S/C15H22O2/c1-4-12-17-15(3,13(2)16)11-10-14-8-6-5-7-9-14/h5-9H,4,10-12H2,1-3H3. The Bertz CT molecular complexity index is 345. The molecule has 0 fully saturated rings. The van der Waals surface area contributed by atoms with E-state index in [-0.39, 0.29) is 5.78 Å². The number of benzene rings is 1. The van der Waals surface area contributed by atoms with Crippen LogP contribution in [0.5, 0.6) is 0 Å². The van der Waals surface area contributed by atoms with Gasteiger partial charge in [-0.05, 0) is 38.7 Å². The molecule has 0 saturated carbocycles. The van der Waals surface area contributed by atoms with Gasteiger partial charge in [0.1, 0.15) is 5.60 Å². The fraction of sp³-hybridized carbons (Fsp3) is 0.533. The first-order valence-electron chi connectivity index (χ1n) is 6.27. The Kier molecular flexibility index (Phi) is 5.36. The van der Waals surface area contributed by atoms with Crippen LogP contribution in [-0.4, -0.2) is 18.0 Å². The number of Topliss-reactive ketones (excluding diaryl/α,β-unsaturated/α-hetero) is 1. The van der Waals surface area contributed by atoms with E-state index in [1.165, 1.54) is 5.56 Å². The molecule has 0 bridgehead atoms. The van der Waals surface area contributed by atoms with Crippen LogP contribution >= 0.6 is 0 Å². The fourth-order valence-electron chi connectivity index (χ4n) is 1.70. The molecular weight excluding hydrogens is 212 g/mol. The third-order valence-electron chi connectivity index (χ3n) is 3.10. The molecule has 1 unspecified atom stereocenters. The summed E-state index contributed by atoms with van der Waals surface area (Å²) in [6.07, 6.45) is 2.56. The van der Waals surface area contributed by atoms with Crippen molar-refractivity contribution in [2.45, 2.75) is 45.6 Å². The average molecular weight is 234 g/mol. The zero-order valence-electron chi connectivity index (χ0n) is 11.0. The molecule has 0 saturated heterocycles. The lowest BCUT2D eigenvalue weighted by atomic mass is 9.93. The van der Waals surface area contributed by atoms with Crippen LogP contribution in [0.25, 0.3) is 0 Å². The molecule has 1 aromatic carbocycles. The molecule has 0 N–H and O–H groups in total. The number of hydrogen-bond donors (Lipinski definition) is 0. The summed E-state index contributed by atoms with van der Waals surface area (Å²) >= 11 is 0. The second-order valence-corrected chi connectivity index (χ2v) is 4.62. The van der Waals surface area contributed by atoms with Crippen LogP contribution in [0.3, 0.4) is 0 Å². The molecule has 0 heterocycles. The molecule has 0 aliphatic heterocycles. The Morgan fingerprint density at radius 3 is 2.47 bits per heavy atom. The molecule has 0 amide bonds. The predicted octanol–water partition coefficient (Wildman–Crippen LogP) is 3.39.